The van der Waals surface area contributed by atoms with Crippen LogP contribution in [0.3, 0.4) is 0 Å². The summed E-state index contributed by atoms with van der Waals surface area (Å²) in [6.07, 6.45) is 0.268. The van der Waals surface area contributed by atoms with Gasteiger partial charge in [0.1, 0.15) is 5.82 Å². The Balaban J connectivity index is 1.25. The van der Waals surface area contributed by atoms with Gasteiger partial charge in [0.2, 0.25) is 10.0 Å². The van der Waals surface area contributed by atoms with Gasteiger partial charge in [-0.05, 0) is 60.9 Å². The van der Waals surface area contributed by atoms with Crippen molar-refractivity contribution in [3.05, 3.63) is 101 Å². The zero-order valence-electron chi connectivity index (χ0n) is 21.5. The van der Waals surface area contributed by atoms with Crippen LogP contribution in [0.15, 0.2) is 83.1 Å². The highest BCUT2D eigenvalue weighted by molar-refractivity contribution is 7.89. The van der Waals surface area contributed by atoms with E-state index in [1.54, 1.807) is 47.8 Å². The molecule has 1 amide bonds. The summed E-state index contributed by atoms with van der Waals surface area (Å²) >= 11 is 1.18. The van der Waals surface area contributed by atoms with E-state index in [0.29, 0.717) is 22.8 Å². The molecule has 1 atom stereocenters. The van der Waals surface area contributed by atoms with E-state index in [9.17, 15) is 22.4 Å². The van der Waals surface area contributed by atoms with Gasteiger partial charge in [-0.25, -0.2) is 17.8 Å². The maximum absolute atomic E-state index is 13.6. The molecule has 0 radical (unpaired) electrons. The second-order valence-corrected chi connectivity index (χ2v) is 12.1. The summed E-state index contributed by atoms with van der Waals surface area (Å²) in [6.45, 7) is 1.54. The molecule has 0 aliphatic carbocycles. The number of carbonyl (C=O) groups is 2. The minimum absolute atomic E-state index is 0.152. The molecule has 2 heterocycles. The largest absolute Gasteiger partial charge is 0.456 e. The number of anilines is 1. The molecule has 206 valence electrons. The van der Waals surface area contributed by atoms with Gasteiger partial charge in [-0.15, -0.1) is 11.3 Å². The lowest BCUT2D eigenvalue weighted by molar-refractivity contribution is -0.148. The SMILES string of the molecule is Cc1ccc(S(=O)(=O)N2CCc3ccccc3C2CC(=O)OCC(=O)Nc2nc(-c3ccc(F)cc3)cs2)cc1. The Bertz CT molecular complexity index is 1640. The van der Waals surface area contributed by atoms with Gasteiger partial charge in [0.15, 0.2) is 11.7 Å². The highest BCUT2D eigenvalue weighted by atomic mass is 32.2. The van der Waals surface area contributed by atoms with Gasteiger partial charge in [-0.2, -0.15) is 4.31 Å². The predicted molar refractivity (Wildman–Crippen MR) is 150 cm³/mol. The number of nitrogens with one attached hydrogen (secondary N) is 1. The average molecular weight is 580 g/mol. The number of sulfonamides is 1. The van der Waals surface area contributed by atoms with Crippen LogP contribution in [-0.2, 0) is 30.8 Å². The summed E-state index contributed by atoms with van der Waals surface area (Å²) in [5, 5.41) is 4.61. The van der Waals surface area contributed by atoms with E-state index in [0.717, 1.165) is 16.7 Å². The first-order chi connectivity index (χ1) is 19.2. The quantitative estimate of drug-likeness (QED) is 0.291. The van der Waals surface area contributed by atoms with Gasteiger partial charge in [-0.1, -0.05) is 42.0 Å². The number of hydrogen-bond donors (Lipinski definition) is 1. The van der Waals surface area contributed by atoms with Crippen molar-refractivity contribution >= 4 is 38.4 Å². The number of hydrogen-bond acceptors (Lipinski definition) is 7. The molecule has 0 bridgehead atoms. The van der Waals surface area contributed by atoms with Gasteiger partial charge in [-0.3, -0.25) is 14.9 Å². The highest BCUT2D eigenvalue weighted by Crippen LogP contribution is 2.36. The van der Waals surface area contributed by atoms with Crippen molar-refractivity contribution in [3.8, 4) is 11.3 Å². The van der Waals surface area contributed by atoms with Crippen molar-refractivity contribution in [1.82, 2.24) is 9.29 Å². The highest BCUT2D eigenvalue weighted by Gasteiger charge is 2.37. The Labute approximate surface area is 235 Å². The van der Waals surface area contributed by atoms with Crippen molar-refractivity contribution < 1.29 is 27.1 Å². The van der Waals surface area contributed by atoms with Crippen molar-refractivity contribution in [2.24, 2.45) is 0 Å². The van der Waals surface area contributed by atoms with Gasteiger partial charge >= 0.3 is 5.97 Å². The minimum atomic E-state index is -3.89. The monoisotopic (exact) mass is 579 g/mol. The standard InChI is InChI=1S/C29H26FN3O5S2/c1-19-6-12-23(13-7-19)40(36,37)33-15-14-20-4-2-3-5-24(20)26(33)16-28(35)38-17-27(34)32-29-31-25(18-39-29)21-8-10-22(30)11-9-21/h2-13,18,26H,14-17H2,1H3,(H,31,32,34). The first-order valence-corrected chi connectivity index (χ1v) is 14.9. The summed E-state index contributed by atoms with van der Waals surface area (Å²) in [5.74, 6) is -1.64. The number of benzene rings is 3. The van der Waals surface area contributed by atoms with Crippen LogP contribution in [0, 0.1) is 12.7 Å². The van der Waals surface area contributed by atoms with E-state index in [-0.39, 0.29) is 23.7 Å². The first kappa shape index (κ1) is 27.6. The Hall–Kier alpha value is -3.93. The number of esters is 1. The molecule has 3 aromatic carbocycles. The average Bonchev–Trinajstić information content (AvgIpc) is 3.41. The molecule has 4 aromatic rings. The van der Waals surface area contributed by atoms with E-state index in [1.807, 2.05) is 25.1 Å². The maximum Gasteiger partial charge on any atom is 0.308 e. The number of nitrogens with zero attached hydrogens (tertiary/aromatic N) is 2. The Morgan fingerprint density at radius 2 is 1.80 bits per heavy atom. The second-order valence-electron chi connectivity index (χ2n) is 9.35. The number of rotatable bonds is 8. The number of carbonyl (C=O) groups excluding carboxylic acids is 2. The molecule has 0 saturated heterocycles. The third kappa shape index (κ3) is 6.11. The fourth-order valence-electron chi connectivity index (χ4n) is 4.58. The topological polar surface area (TPSA) is 106 Å². The molecule has 40 heavy (non-hydrogen) atoms. The zero-order chi connectivity index (χ0) is 28.3. The summed E-state index contributed by atoms with van der Waals surface area (Å²) in [4.78, 5) is 29.8. The molecule has 8 nitrogen and oxygen atoms in total. The summed E-state index contributed by atoms with van der Waals surface area (Å²) in [7, 11) is -3.89. The van der Waals surface area contributed by atoms with Crippen LogP contribution in [0.4, 0.5) is 9.52 Å². The molecule has 0 spiro atoms. The van der Waals surface area contributed by atoms with Crippen LogP contribution in [0.1, 0.15) is 29.2 Å². The molecule has 1 aliphatic heterocycles. The molecule has 0 fully saturated rings. The van der Waals surface area contributed by atoms with Crippen LogP contribution >= 0.6 is 11.3 Å². The Morgan fingerprint density at radius 3 is 2.55 bits per heavy atom. The summed E-state index contributed by atoms with van der Waals surface area (Å²) in [6, 6.07) is 19.1. The van der Waals surface area contributed by atoms with Gasteiger partial charge in [0.25, 0.3) is 5.91 Å². The Kier molecular flexibility index (Phi) is 8.06. The fourth-order valence-corrected chi connectivity index (χ4v) is 6.92. The fraction of sp³-hybridized carbons (Fsp3) is 0.207. The molecule has 11 heteroatoms. The van der Waals surface area contributed by atoms with E-state index in [2.05, 4.69) is 10.3 Å². The summed E-state index contributed by atoms with van der Waals surface area (Å²) in [5.41, 5.74) is 3.91. The lowest BCUT2D eigenvalue weighted by atomic mass is 9.92. The number of halogens is 1. The van der Waals surface area contributed by atoms with Gasteiger partial charge in [0.05, 0.1) is 23.1 Å². The van der Waals surface area contributed by atoms with E-state index in [4.69, 9.17) is 4.74 Å². The third-order valence-electron chi connectivity index (χ3n) is 6.61. The molecular weight excluding hydrogens is 553 g/mol. The molecule has 0 saturated carbocycles. The summed E-state index contributed by atoms with van der Waals surface area (Å²) < 4.78 is 46.9. The predicted octanol–water partition coefficient (Wildman–Crippen LogP) is 5.12. The van der Waals surface area contributed by atoms with Crippen LogP contribution in [0.5, 0.6) is 0 Å². The van der Waals surface area contributed by atoms with Crippen molar-refractivity contribution in [3.63, 3.8) is 0 Å². The first-order valence-electron chi connectivity index (χ1n) is 12.5. The number of fused-ring (bicyclic) bond motifs is 1. The molecule has 5 rings (SSSR count). The van der Waals surface area contributed by atoms with Gasteiger partial charge < -0.3 is 4.74 Å². The molecule has 1 unspecified atom stereocenters. The zero-order valence-corrected chi connectivity index (χ0v) is 23.2. The maximum atomic E-state index is 13.6. The van der Waals surface area contributed by atoms with Crippen LogP contribution in [-0.4, -0.2) is 42.7 Å². The third-order valence-corrected chi connectivity index (χ3v) is 9.29. The number of ether oxygens (including phenoxy) is 1. The number of thiazole rings is 1. The van der Waals surface area contributed by atoms with Crippen molar-refractivity contribution in [1.29, 1.82) is 0 Å². The molecule has 1 aliphatic rings. The smallest absolute Gasteiger partial charge is 0.308 e. The van der Waals surface area contributed by atoms with E-state index < -0.39 is 34.5 Å². The van der Waals surface area contributed by atoms with E-state index in [1.165, 1.54) is 27.8 Å². The second kappa shape index (κ2) is 11.7. The van der Waals surface area contributed by atoms with E-state index >= 15 is 0 Å². The molecule has 1 aromatic heterocycles. The lowest BCUT2D eigenvalue weighted by Crippen LogP contribution is -2.41. The Morgan fingerprint density at radius 1 is 1.07 bits per heavy atom. The van der Waals surface area contributed by atoms with Crippen LogP contribution < -0.4 is 5.32 Å². The van der Waals surface area contributed by atoms with Gasteiger partial charge in [0, 0.05) is 17.5 Å². The normalized spacial score (nSPS) is 15.3. The van der Waals surface area contributed by atoms with Crippen molar-refractivity contribution in [2.45, 2.75) is 30.7 Å². The minimum Gasteiger partial charge on any atom is -0.456 e. The lowest BCUT2D eigenvalue weighted by Gasteiger charge is -2.36. The number of aryl methyl sites for hydroxylation is 1. The van der Waals surface area contributed by atoms with Crippen LogP contribution in [0.25, 0.3) is 11.3 Å². The number of aromatic nitrogens is 1. The number of amides is 1. The molecular formula is C29H26FN3O5S2. The van der Waals surface area contributed by atoms with Crippen molar-refractivity contribution in [2.75, 3.05) is 18.5 Å². The molecule has 1 N–H and O–H groups in total. The van der Waals surface area contributed by atoms with Crippen LogP contribution in [0.2, 0.25) is 0 Å².